The number of hydrogen-bond acceptors (Lipinski definition) is 3. The fourth-order valence-corrected chi connectivity index (χ4v) is 3.04. The van der Waals surface area contributed by atoms with Crippen LogP contribution in [0.1, 0.15) is 46.5 Å². The lowest BCUT2D eigenvalue weighted by Crippen LogP contribution is -2.44. The Hall–Kier alpha value is -1.10. The number of aliphatic carboxylic acids is 1. The second-order valence-electron chi connectivity index (χ2n) is 6.17. The third kappa shape index (κ3) is 4.20. The van der Waals surface area contributed by atoms with Crippen molar-refractivity contribution >= 4 is 11.9 Å². The molecule has 0 aromatic heterocycles. The van der Waals surface area contributed by atoms with E-state index in [0.717, 1.165) is 6.42 Å². The molecule has 1 rings (SSSR count). The molecule has 1 saturated carbocycles. The highest BCUT2D eigenvalue weighted by Crippen LogP contribution is 2.38. The second-order valence-corrected chi connectivity index (χ2v) is 6.17. The minimum Gasteiger partial charge on any atom is -0.481 e. The Bertz CT molecular complexity index is 343. The lowest BCUT2D eigenvalue weighted by atomic mass is 9.93. The summed E-state index contributed by atoms with van der Waals surface area (Å²) in [5.41, 5.74) is 0. The number of hydrogen-bond donors (Lipinski definition) is 3. The predicted octanol–water partition coefficient (Wildman–Crippen LogP) is 1.65. The summed E-state index contributed by atoms with van der Waals surface area (Å²) < 4.78 is 0. The van der Waals surface area contributed by atoms with E-state index in [2.05, 4.69) is 5.32 Å². The quantitative estimate of drug-likeness (QED) is 0.664. The lowest BCUT2D eigenvalue weighted by Gasteiger charge is -2.24. The average molecular weight is 285 g/mol. The van der Waals surface area contributed by atoms with E-state index in [1.165, 1.54) is 0 Å². The number of carboxylic acid groups (broad SMARTS) is 1. The van der Waals surface area contributed by atoms with Crippen LogP contribution in [0.5, 0.6) is 0 Å². The van der Waals surface area contributed by atoms with Crippen molar-refractivity contribution in [2.45, 2.75) is 52.5 Å². The Morgan fingerprint density at radius 1 is 1.25 bits per heavy atom. The molecule has 0 aromatic carbocycles. The minimum absolute atomic E-state index is 0.0216. The highest BCUT2D eigenvalue weighted by Gasteiger charge is 2.42. The molecule has 5 heteroatoms. The Labute approximate surface area is 120 Å². The van der Waals surface area contributed by atoms with Gasteiger partial charge in [-0.2, -0.15) is 0 Å². The maximum absolute atomic E-state index is 12.4. The number of rotatable bonds is 7. The second kappa shape index (κ2) is 7.62. The fraction of sp³-hybridized carbons (Fsp3) is 0.867. The molecule has 0 aromatic rings. The van der Waals surface area contributed by atoms with Crippen LogP contribution in [-0.4, -0.2) is 34.7 Å². The third-order valence-electron chi connectivity index (χ3n) is 4.46. The summed E-state index contributed by atoms with van der Waals surface area (Å²) in [6.07, 6.45) is 2.67. The number of aliphatic hydroxyl groups excluding tert-OH is 1. The molecule has 0 bridgehead atoms. The maximum atomic E-state index is 12.4. The molecule has 116 valence electrons. The number of carboxylic acids is 1. The molecule has 5 nitrogen and oxygen atoms in total. The molecule has 4 unspecified atom stereocenters. The number of aliphatic hydroxyl groups is 1. The monoisotopic (exact) mass is 285 g/mol. The number of carbonyl (C=O) groups excluding carboxylic acids is 1. The molecule has 0 spiro atoms. The zero-order chi connectivity index (χ0) is 15.3. The van der Waals surface area contributed by atoms with Gasteiger partial charge >= 0.3 is 5.97 Å². The summed E-state index contributed by atoms with van der Waals surface area (Å²) in [6.45, 7) is 6.03. The van der Waals surface area contributed by atoms with Crippen molar-refractivity contribution in [3.05, 3.63) is 0 Å². The minimum atomic E-state index is -0.871. The summed E-state index contributed by atoms with van der Waals surface area (Å²) in [4.78, 5) is 23.7. The van der Waals surface area contributed by atoms with Gasteiger partial charge in [-0.25, -0.2) is 0 Å². The Balaban J connectivity index is 2.71. The van der Waals surface area contributed by atoms with Gasteiger partial charge in [-0.15, -0.1) is 0 Å². The van der Waals surface area contributed by atoms with Crippen molar-refractivity contribution in [1.82, 2.24) is 5.32 Å². The molecule has 3 N–H and O–H groups in total. The fourth-order valence-electron chi connectivity index (χ4n) is 3.04. The van der Waals surface area contributed by atoms with Gasteiger partial charge in [-0.05, 0) is 31.1 Å². The smallest absolute Gasteiger partial charge is 0.307 e. The van der Waals surface area contributed by atoms with E-state index in [9.17, 15) is 14.7 Å². The van der Waals surface area contributed by atoms with E-state index in [0.29, 0.717) is 25.2 Å². The summed E-state index contributed by atoms with van der Waals surface area (Å²) in [6, 6.07) is -0.0948. The number of amides is 1. The van der Waals surface area contributed by atoms with Gasteiger partial charge < -0.3 is 15.5 Å². The van der Waals surface area contributed by atoms with Crippen molar-refractivity contribution in [2.75, 3.05) is 6.61 Å². The first-order chi connectivity index (χ1) is 9.40. The van der Waals surface area contributed by atoms with Crippen LogP contribution in [0.4, 0.5) is 0 Å². The van der Waals surface area contributed by atoms with Crippen LogP contribution in [0.3, 0.4) is 0 Å². The molecule has 1 amide bonds. The summed E-state index contributed by atoms with van der Waals surface area (Å²) >= 11 is 0. The average Bonchev–Trinajstić information content (AvgIpc) is 2.82. The van der Waals surface area contributed by atoms with Gasteiger partial charge in [0.25, 0.3) is 0 Å². The SMILES string of the molecule is CCC1CC(C(=O)O)C(C(=O)NC(CCO)C(C)C)C1. The zero-order valence-corrected chi connectivity index (χ0v) is 12.6. The van der Waals surface area contributed by atoms with Crippen LogP contribution in [0, 0.1) is 23.7 Å². The van der Waals surface area contributed by atoms with Crippen LogP contribution in [-0.2, 0) is 9.59 Å². The molecular formula is C15H27NO4. The normalized spacial score (nSPS) is 27.6. The molecule has 1 aliphatic carbocycles. The van der Waals surface area contributed by atoms with Crippen molar-refractivity contribution < 1.29 is 19.8 Å². The van der Waals surface area contributed by atoms with Gasteiger partial charge in [0, 0.05) is 12.6 Å². The van der Waals surface area contributed by atoms with E-state index in [1.54, 1.807) is 0 Å². The third-order valence-corrected chi connectivity index (χ3v) is 4.46. The van der Waals surface area contributed by atoms with E-state index in [-0.39, 0.29) is 24.5 Å². The molecular weight excluding hydrogens is 258 g/mol. The van der Waals surface area contributed by atoms with Gasteiger partial charge in [-0.3, -0.25) is 9.59 Å². The highest BCUT2D eigenvalue weighted by atomic mass is 16.4. The lowest BCUT2D eigenvalue weighted by molar-refractivity contribution is -0.146. The molecule has 0 heterocycles. The van der Waals surface area contributed by atoms with Crippen LogP contribution in [0.2, 0.25) is 0 Å². The molecule has 4 atom stereocenters. The summed E-state index contributed by atoms with van der Waals surface area (Å²) in [7, 11) is 0. The highest BCUT2D eigenvalue weighted by molar-refractivity contribution is 5.85. The van der Waals surface area contributed by atoms with Crippen molar-refractivity contribution in [2.24, 2.45) is 23.7 Å². The van der Waals surface area contributed by atoms with Gasteiger partial charge in [0.2, 0.25) is 5.91 Å². The van der Waals surface area contributed by atoms with Gasteiger partial charge in [0.05, 0.1) is 11.8 Å². The van der Waals surface area contributed by atoms with Crippen LogP contribution >= 0.6 is 0 Å². The molecule has 20 heavy (non-hydrogen) atoms. The standard InChI is InChI=1S/C15H27NO4/c1-4-10-7-11(12(8-10)15(19)20)14(18)16-13(5-6-17)9(2)3/h9-13,17H,4-8H2,1-3H3,(H,16,18)(H,19,20). The largest absolute Gasteiger partial charge is 0.481 e. The maximum Gasteiger partial charge on any atom is 0.307 e. The van der Waals surface area contributed by atoms with E-state index >= 15 is 0 Å². The van der Waals surface area contributed by atoms with Crippen molar-refractivity contribution in [3.63, 3.8) is 0 Å². The Kier molecular flexibility index (Phi) is 6.46. The first kappa shape index (κ1) is 17.0. The Morgan fingerprint density at radius 2 is 1.85 bits per heavy atom. The summed E-state index contributed by atoms with van der Waals surface area (Å²) in [5, 5.41) is 21.2. The summed E-state index contributed by atoms with van der Waals surface area (Å²) in [5.74, 6) is -1.50. The van der Waals surface area contributed by atoms with Gasteiger partial charge in [-0.1, -0.05) is 27.2 Å². The van der Waals surface area contributed by atoms with E-state index < -0.39 is 17.8 Å². The molecule has 0 saturated heterocycles. The van der Waals surface area contributed by atoms with Crippen molar-refractivity contribution in [3.8, 4) is 0 Å². The topological polar surface area (TPSA) is 86.6 Å². The van der Waals surface area contributed by atoms with Gasteiger partial charge in [0.1, 0.15) is 0 Å². The number of nitrogens with one attached hydrogen (secondary N) is 1. The number of carbonyl (C=O) groups is 2. The first-order valence-electron chi connectivity index (χ1n) is 7.54. The predicted molar refractivity (Wildman–Crippen MR) is 76.1 cm³/mol. The van der Waals surface area contributed by atoms with E-state index in [1.807, 2.05) is 20.8 Å². The molecule has 1 aliphatic rings. The van der Waals surface area contributed by atoms with Crippen LogP contribution in [0.25, 0.3) is 0 Å². The Morgan fingerprint density at radius 3 is 2.30 bits per heavy atom. The zero-order valence-electron chi connectivity index (χ0n) is 12.6. The molecule has 1 fully saturated rings. The van der Waals surface area contributed by atoms with Crippen molar-refractivity contribution in [1.29, 1.82) is 0 Å². The van der Waals surface area contributed by atoms with Crippen LogP contribution < -0.4 is 5.32 Å². The first-order valence-corrected chi connectivity index (χ1v) is 7.54. The molecule has 0 aliphatic heterocycles. The van der Waals surface area contributed by atoms with Gasteiger partial charge in [0.15, 0.2) is 0 Å². The molecule has 0 radical (unpaired) electrons. The van der Waals surface area contributed by atoms with E-state index in [4.69, 9.17) is 5.11 Å². The van der Waals surface area contributed by atoms with Crippen LogP contribution in [0.15, 0.2) is 0 Å².